The van der Waals surface area contributed by atoms with Crippen LogP contribution in [0.25, 0.3) is 10.9 Å². The van der Waals surface area contributed by atoms with Crippen molar-refractivity contribution in [2.45, 2.75) is 13.1 Å². The number of aromatic nitrogens is 3. The predicted octanol–water partition coefficient (Wildman–Crippen LogP) is 0.699. The van der Waals surface area contributed by atoms with Crippen molar-refractivity contribution in [3.8, 4) is 0 Å². The lowest BCUT2D eigenvalue weighted by Gasteiger charge is -2.35. The van der Waals surface area contributed by atoms with Crippen LogP contribution < -0.4 is 10.5 Å². The predicted molar refractivity (Wildman–Crippen MR) is 97.1 cm³/mol. The number of aliphatic hydroxyl groups excluding tert-OH is 1. The normalized spacial score (nSPS) is 15.7. The van der Waals surface area contributed by atoms with Gasteiger partial charge in [0.25, 0.3) is 5.56 Å². The van der Waals surface area contributed by atoms with Crippen molar-refractivity contribution in [1.82, 2.24) is 19.6 Å². The zero-order valence-corrected chi connectivity index (χ0v) is 14.4. The van der Waals surface area contributed by atoms with E-state index in [-0.39, 0.29) is 18.7 Å². The van der Waals surface area contributed by atoms with E-state index in [0.717, 1.165) is 44.1 Å². The first-order valence-corrected chi connectivity index (χ1v) is 8.71. The molecular weight excluding hydrogens is 334 g/mol. The van der Waals surface area contributed by atoms with Gasteiger partial charge in [0.15, 0.2) is 0 Å². The fourth-order valence-electron chi connectivity index (χ4n) is 3.32. The Balaban J connectivity index is 1.47. The molecule has 0 spiro atoms. The lowest BCUT2D eigenvalue weighted by atomic mass is 10.2. The van der Waals surface area contributed by atoms with Crippen molar-refractivity contribution in [3.05, 3.63) is 52.9 Å². The molecule has 1 fully saturated rings. The van der Waals surface area contributed by atoms with Gasteiger partial charge in [-0.2, -0.15) is 0 Å². The summed E-state index contributed by atoms with van der Waals surface area (Å²) in [5.74, 6) is 0. The van der Waals surface area contributed by atoms with E-state index < -0.39 is 0 Å². The molecule has 0 atom stereocenters. The van der Waals surface area contributed by atoms with Gasteiger partial charge in [0.2, 0.25) is 0 Å². The molecular formula is C18H21N5O3. The molecule has 0 amide bonds. The van der Waals surface area contributed by atoms with Gasteiger partial charge in [0, 0.05) is 44.5 Å². The monoisotopic (exact) mass is 355 g/mol. The first-order chi connectivity index (χ1) is 12.7. The zero-order chi connectivity index (χ0) is 17.9. The van der Waals surface area contributed by atoms with Crippen molar-refractivity contribution >= 4 is 16.6 Å². The summed E-state index contributed by atoms with van der Waals surface area (Å²) in [6, 6.07) is 7.66. The second-order valence-electron chi connectivity index (χ2n) is 6.42. The second kappa shape index (κ2) is 7.27. The quantitative estimate of drug-likeness (QED) is 0.721. The highest BCUT2D eigenvalue weighted by Gasteiger charge is 2.18. The van der Waals surface area contributed by atoms with E-state index in [4.69, 9.17) is 9.63 Å². The smallest absolute Gasteiger partial charge is 0.261 e. The first kappa shape index (κ1) is 16.7. The summed E-state index contributed by atoms with van der Waals surface area (Å²) < 4.78 is 6.32. The third kappa shape index (κ3) is 3.33. The summed E-state index contributed by atoms with van der Waals surface area (Å²) in [6.45, 7) is 4.68. The molecule has 0 unspecified atom stereocenters. The van der Waals surface area contributed by atoms with Gasteiger partial charge in [-0.05, 0) is 18.2 Å². The largest absolute Gasteiger partial charge is 0.395 e. The van der Waals surface area contributed by atoms with Crippen LogP contribution in [0.2, 0.25) is 0 Å². The molecule has 1 aromatic carbocycles. The third-order valence-electron chi connectivity index (χ3n) is 4.76. The Labute approximate surface area is 150 Å². The minimum atomic E-state index is -0.118. The Morgan fingerprint density at radius 3 is 2.73 bits per heavy atom. The molecule has 3 heterocycles. The fraction of sp³-hybridized carbons (Fsp3) is 0.389. The molecule has 0 aliphatic carbocycles. The number of rotatable bonds is 5. The van der Waals surface area contributed by atoms with Gasteiger partial charge >= 0.3 is 0 Å². The van der Waals surface area contributed by atoms with Crippen LogP contribution in [0.5, 0.6) is 0 Å². The number of fused-ring (bicyclic) bond motifs is 1. The van der Waals surface area contributed by atoms with Crippen LogP contribution in [0, 0.1) is 0 Å². The topological polar surface area (TPSA) is 87.6 Å². The van der Waals surface area contributed by atoms with E-state index in [1.165, 1.54) is 10.9 Å². The minimum absolute atomic E-state index is 0.0796. The number of benzene rings is 1. The van der Waals surface area contributed by atoms with Crippen molar-refractivity contribution in [3.63, 3.8) is 0 Å². The molecule has 8 heteroatoms. The van der Waals surface area contributed by atoms with Gasteiger partial charge in [-0.25, -0.2) is 4.98 Å². The number of hydrogen-bond acceptors (Lipinski definition) is 7. The molecule has 4 rings (SSSR count). The molecule has 2 aromatic heterocycles. The highest BCUT2D eigenvalue weighted by molar-refractivity contribution is 5.81. The van der Waals surface area contributed by atoms with Crippen molar-refractivity contribution in [2.75, 3.05) is 37.7 Å². The molecule has 1 N–H and O–H groups in total. The average Bonchev–Trinajstić information content (AvgIpc) is 3.18. The number of hydrogen-bond donors (Lipinski definition) is 1. The Morgan fingerprint density at radius 2 is 2.00 bits per heavy atom. The van der Waals surface area contributed by atoms with E-state index >= 15 is 0 Å². The van der Waals surface area contributed by atoms with Gasteiger partial charge in [0.1, 0.15) is 6.26 Å². The summed E-state index contributed by atoms with van der Waals surface area (Å²) in [5.41, 5.74) is 2.60. The van der Waals surface area contributed by atoms with Gasteiger partial charge in [-0.15, -0.1) is 0 Å². The van der Waals surface area contributed by atoms with Crippen molar-refractivity contribution < 1.29 is 9.63 Å². The van der Waals surface area contributed by atoms with E-state index in [1.807, 2.05) is 24.3 Å². The average molecular weight is 355 g/mol. The Kier molecular flexibility index (Phi) is 4.68. The standard InChI is InChI=1S/C18H21N5O3/c24-9-8-23-13-19-17-11-15(1-2-16(17)18(23)25)22-6-4-21(5-7-22)12-14-3-10-26-20-14/h1-3,10-11,13,24H,4-9,12H2. The molecule has 1 saturated heterocycles. The Bertz CT molecular complexity index is 930. The second-order valence-corrected chi connectivity index (χ2v) is 6.42. The molecule has 1 aliphatic rings. The summed E-state index contributed by atoms with van der Waals surface area (Å²) in [4.78, 5) is 21.4. The van der Waals surface area contributed by atoms with Crippen LogP contribution in [0.3, 0.4) is 0 Å². The fourth-order valence-corrected chi connectivity index (χ4v) is 3.32. The zero-order valence-electron chi connectivity index (χ0n) is 14.4. The maximum absolute atomic E-state index is 12.4. The highest BCUT2D eigenvalue weighted by atomic mass is 16.5. The van der Waals surface area contributed by atoms with Gasteiger partial charge < -0.3 is 14.5 Å². The molecule has 0 radical (unpaired) electrons. The van der Waals surface area contributed by atoms with Crippen molar-refractivity contribution in [2.24, 2.45) is 0 Å². The van der Waals surface area contributed by atoms with Crippen LogP contribution in [0.15, 0.2) is 46.2 Å². The molecule has 1 aliphatic heterocycles. The minimum Gasteiger partial charge on any atom is -0.395 e. The summed E-state index contributed by atoms with van der Waals surface area (Å²) in [7, 11) is 0. The number of nitrogens with zero attached hydrogens (tertiary/aromatic N) is 5. The van der Waals surface area contributed by atoms with Gasteiger partial charge in [-0.1, -0.05) is 5.16 Å². The molecule has 136 valence electrons. The Morgan fingerprint density at radius 1 is 1.15 bits per heavy atom. The number of aliphatic hydroxyl groups is 1. The Hall–Kier alpha value is -2.71. The molecule has 8 nitrogen and oxygen atoms in total. The van der Waals surface area contributed by atoms with Gasteiger partial charge in [-0.3, -0.25) is 14.3 Å². The summed E-state index contributed by atoms with van der Waals surface area (Å²) >= 11 is 0. The van der Waals surface area contributed by atoms with E-state index in [2.05, 4.69) is 19.9 Å². The summed E-state index contributed by atoms with van der Waals surface area (Å²) in [5, 5.41) is 13.6. The lowest BCUT2D eigenvalue weighted by Crippen LogP contribution is -2.46. The van der Waals surface area contributed by atoms with Crippen LogP contribution in [0.1, 0.15) is 5.69 Å². The van der Waals surface area contributed by atoms with Crippen LogP contribution in [-0.2, 0) is 13.1 Å². The van der Waals surface area contributed by atoms with Crippen molar-refractivity contribution in [1.29, 1.82) is 0 Å². The molecule has 3 aromatic rings. The van der Waals surface area contributed by atoms with E-state index in [1.54, 1.807) is 6.26 Å². The first-order valence-electron chi connectivity index (χ1n) is 8.71. The highest BCUT2D eigenvalue weighted by Crippen LogP contribution is 2.21. The van der Waals surface area contributed by atoms with E-state index in [0.29, 0.717) is 10.9 Å². The molecule has 26 heavy (non-hydrogen) atoms. The van der Waals surface area contributed by atoms with Crippen LogP contribution >= 0.6 is 0 Å². The van der Waals surface area contributed by atoms with Crippen LogP contribution in [0.4, 0.5) is 5.69 Å². The third-order valence-corrected chi connectivity index (χ3v) is 4.76. The maximum Gasteiger partial charge on any atom is 0.261 e. The molecule has 0 bridgehead atoms. The summed E-state index contributed by atoms with van der Waals surface area (Å²) in [6.07, 6.45) is 3.10. The number of anilines is 1. The van der Waals surface area contributed by atoms with Crippen LogP contribution in [-0.4, -0.2) is 57.5 Å². The maximum atomic E-state index is 12.4. The number of piperazine rings is 1. The SMILES string of the molecule is O=c1c2ccc(N3CCN(Cc4ccon4)CC3)cc2ncn1CCO. The van der Waals surface area contributed by atoms with E-state index in [9.17, 15) is 4.79 Å². The molecule has 0 saturated carbocycles. The van der Waals surface area contributed by atoms with Gasteiger partial charge in [0.05, 0.1) is 36.1 Å². The lowest BCUT2D eigenvalue weighted by molar-refractivity contribution is 0.242.